The highest BCUT2D eigenvalue weighted by molar-refractivity contribution is 5.49. The second-order valence-corrected chi connectivity index (χ2v) is 9.97. The molecule has 0 radical (unpaired) electrons. The summed E-state index contributed by atoms with van der Waals surface area (Å²) >= 11 is 0. The largest absolute Gasteiger partial charge is 0.504 e. The number of hydrogen-bond acceptors (Lipinski definition) is 8. The molecule has 5 fully saturated rings. The fourth-order valence-electron chi connectivity index (χ4n) is 6.16. The van der Waals surface area contributed by atoms with E-state index in [0.29, 0.717) is 31.5 Å². The summed E-state index contributed by atoms with van der Waals surface area (Å²) < 4.78 is 24.4. The maximum atomic E-state index is 9.82. The molecule has 1 aromatic carbocycles. The van der Waals surface area contributed by atoms with E-state index < -0.39 is 24.0 Å². The van der Waals surface area contributed by atoms with Crippen molar-refractivity contribution >= 4 is 0 Å². The molecular formula is C24H34O8. The molecule has 0 amide bonds. The molecule has 1 aromatic rings. The van der Waals surface area contributed by atoms with E-state index in [1.807, 2.05) is 6.92 Å². The van der Waals surface area contributed by atoms with E-state index in [1.165, 1.54) is 12.1 Å². The number of para-hydroxylation sites is 1. The summed E-state index contributed by atoms with van der Waals surface area (Å²) in [4.78, 5) is 12.0. The van der Waals surface area contributed by atoms with E-state index in [2.05, 4.69) is 13.8 Å². The lowest BCUT2D eigenvalue weighted by molar-refractivity contribution is -0.577. The molecule has 4 aliphatic heterocycles. The van der Waals surface area contributed by atoms with Gasteiger partial charge in [0.15, 0.2) is 29.7 Å². The van der Waals surface area contributed by atoms with E-state index >= 15 is 0 Å². The van der Waals surface area contributed by atoms with Crippen LogP contribution in [0.4, 0.5) is 0 Å². The van der Waals surface area contributed by atoms with E-state index in [4.69, 9.17) is 28.7 Å². The highest BCUT2D eigenvalue weighted by atomic mass is 17.3. The highest BCUT2D eigenvalue weighted by Crippen LogP contribution is 2.60. The number of phenols is 2. The lowest BCUT2D eigenvalue weighted by atomic mass is 9.58. The molecule has 178 valence electrons. The van der Waals surface area contributed by atoms with Gasteiger partial charge in [-0.15, -0.1) is 0 Å². The summed E-state index contributed by atoms with van der Waals surface area (Å²) in [7, 11) is 0. The van der Waals surface area contributed by atoms with E-state index in [-0.39, 0.29) is 29.1 Å². The quantitative estimate of drug-likeness (QED) is 0.494. The first kappa shape index (κ1) is 22.2. The minimum Gasteiger partial charge on any atom is -0.504 e. The van der Waals surface area contributed by atoms with Crippen LogP contribution in [0.1, 0.15) is 52.9 Å². The number of hydrogen-bond donors (Lipinski definition) is 2. The van der Waals surface area contributed by atoms with Gasteiger partial charge >= 0.3 is 0 Å². The molecule has 32 heavy (non-hydrogen) atoms. The Morgan fingerprint density at radius 3 is 2.59 bits per heavy atom. The molecule has 0 aromatic heterocycles. The van der Waals surface area contributed by atoms with Crippen LogP contribution in [-0.4, -0.2) is 47.4 Å². The summed E-state index contributed by atoms with van der Waals surface area (Å²) in [5.41, 5.74) is -0.585. The molecule has 4 saturated heterocycles. The van der Waals surface area contributed by atoms with Gasteiger partial charge in [0.1, 0.15) is 0 Å². The zero-order valence-electron chi connectivity index (χ0n) is 19.0. The van der Waals surface area contributed by atoms with Gasteiger partial charge in [-0.1, -0.05) is 19.9 Å². The third-order valence-electron chi connectivity index (χ3n) is 7.89. The smallest absolute Gasteiger partial charge is 0.203 e. The Hall–Kier alpha value is -1.58. The van der Waals surface area contributed by atoms with Crippen molar-refractivity contribution in [3.8, 4) is 17.2 Å². The van der Waals surface area contributed by atoms with Gasteiger partial charge in [-0.3, -0.25) is 0 Å². The first-order valence-electron chi connectivity index (χ1n) is 11.8. The fraction of sp³-hybridized carbons (Fsp3) is 0.750. The van der Waals surface area contributed by atoms with Crippen LogP contribution >= 0.6 is 0 Å². The van der Waals surface area contributed by atoms with Gasteiger partial charge in [-0.25, -0.2) is 9.78 Å². The van der Waals surface area contributed by atoms with Crippen LogP contribution in [0.2, 0.25) is 0 Å². The lowest BCUT2D eigenvalue weighted by Gasteiger charge is -2.60. The third kappa shape index (κ3) is 3.56. The van der Waals surface area contributed by atoms with Crippen molar-refractivity contribution in [2.45, 2.75) is 76.8 Å². The number of phenolic OH excluding ortho intramolecular Hbond substituents is 2. The zero-order chi connectivity index (χ0) is 22.5. The highest BCUT2D eigenvalue weighted by Gasteiger charge is 2.69. The molecular weight excluding hydrogens is 416 g/mol. The molecule has 4 heterocycles. The Balaban J connectivity index is 1.23. The van der Waals surface area contributed by atoms with E-state index in [0.717, 1.165) is 25.7 Å². The second kappa shape index (κ2) is 8.33. The predicted molar refractivity (Wildman–Crippen MR) is 113 cm³/mol. The van der Waals surface area contributed by atoms with Crippen molar-refractivity contribution in [3.63, 3.8) is 0 Å². The Bertz CT molecular complexity index is 812. The molecule has 8 atom stereocenters. The fourth-order valence-corrected chi connectivity index (χ4v) is 6.16. The molecule has 8 heteroatoms. The van der Waals surface area contributed by atoms with Crippen molar-refractivity contribution in [2.75, 3.05) is 13.2 Å². The first-order chi connectivity index (χ1) is 15.3. The van der Waals surface area contributed by atoms with Gasteiger partial charge in [0.2, 0.25) is 11.5 Å². The van der Waals surface area contributed by atoms with Gasteiger partial charge in [0.25, 0.3) is 0 Å². The van der Waals surface area contributed by atoms with Gasteiger partial charge in [-0.05, 0) is 50.2 Å². The van der Waals surface area contributed by atoms with E-state index in [1.54, 1.807) is 6.07 Å². The van der Waals surface area contributed by atoms with Crippen LogP contribution in [-0.2, 0) is 24.0 Å². The second-order valence-electron chi connectivity index (χ2n) is 9.97. The number of aromatic hydroxyl groups is 2. The maximum Gasteiger partial charge on any atom is 0.203 e. The molecule has 0 unspecified atom stereocenters. The number of ether oxygens (including phenoxy) is 4. The molecule has 6 rings (SSSR count). The SMILES string of the molecule is C[C@H]1[C@@H](OCCCOc2c(O)cccc2O)O[C@@H]2O[C@]3(C)CC[C@H]4[C@H](C)CC[C@@H]1[C@@]24OO3. The predicted octanol–water partition coefficient (Wildman–Crippen LogP) is 4.09. The van der Waals surface area contributed by atoms with Crippen LogP contribution in [0.5, 0.6) is 17.2 Å². The van der Waals surface area contributed by atoms with Crippen LogP contribution in [0.3, 0.4) is 0 Å². The summed E-state index contributed by atoms with van der Waals surface area (Å²) in [5.74, 6) is 0.332. The Kier molecular flexibility index (Phi) is 5.78. The summed E-state index contributed by atoms with van der Waals surface area (Å²) in [5, 5.41) is 19.6. The van der Waals surface area contributed by atoms with Gasteiger partial charge in [0, 0.05) is 24.7 Å². The molecule has 1 aliphatic carbocycles. The molecule has 2 N–H and O–H groups in total. The summed E-state index contributed by atoms with van der Waals surface area (Å²) in [6.07, 6.45) is 3.62. The number of benzene rings is 1. The van der Waals surface area contributed by atoms with Gasteiger partial charge in [-0.2, -0.15) is 0 Å². The van der Waals surface area contributed by atoms with Gasteiger partial charge in [0.05, 0.1) is 13.2 Å². The Morgan fingerprint density at radius 1 is 1.03 bits per heavy atom. The monoisotopic (exact) mass is 450 g/mol. The maximum absolute atomic E-state index is 9.82. The average Bonchev–Trinajstić information content (AvgIpc) is 2.99. The van der Waals surface area contributed by atoms with Crippen LogP contribution in [0.25, 0.3) is 0 Å². The first-order valence-corrected chi connectivity index (χ1v) is 11.8. The number of rotatable bonds is 6. The van der Waals surface area contributed by atoms with Crippen LogP contribution in [0, 0.1) is 23.7 Å². The van der Waals surface area contributed by atoms with Gasteiger partial charge < -0.3 is 29.2 Å². The van der Waals surface area contributed by atoms with E-state index in [9.17, 15) is 10.2 Å². The summed E-state index contributed by atoms with van der Waals surface area (Å²) in [6, 6.07) is 4.51. The average molecular weight is 451 g/mol. The van der Waals surface area contributed by atoms with Crippen molar-refractivity contribution < 1.29 is 38.9 Å². The molecule has 8 nitrogen and oxygen atoms in total. The minimum absolute atomic E-state index is 0.0854. The van der Waals surface area contributed by atoms with Crippen LogP contribution in [0.15, 0.2) is 18.2 Å². The zero-order valence-corrected chi connectivity index (χ0v) is 19.0. The topological polar surface area (TPSA) is 95.8 Å². The molecule has 5 aliphatic rings. The molecule has 2 bridgehead atoms. The van der Waals surface area contributed by atoms with Crippen molar-refractivity contribution in [1.29, 1.82) is 0 Å². The molecule has 1 saturated carbocycles. The van der Waals surface area contributed by atoms with Crippen molar-refractivity contribution in [2.24, 2.45) is 23.7 Å². The Morgan fingerprint density at radius 2 is 1.81 bits per heavy atom. The van der Waals surface area contributed by atoms with Crippen LogP contribution < -0.4 is 4.74 Å². The molecule has 1 spiro atoms. The number of fused-ring (bicyclic) bond motifs is 2. The Labute approximate surface area is 188 Å². The van der Waals surface area contributed by atoms with Crippen molar-refractivity contribution in [1.82, 2.24) is 0 Å². The minimum atomic E-state index is -0.795. The third-order valence-corrected chi connectivity index (χ3v) is 7.89. The normalized spacial score (nSPS) is 42.8. The standard InChI is InChI=1S/C24H34O8/c1-14-8-9-17-15(2)21(28-13-5-12-27-20-18(25)6-4-7-19(20)26)29-22-24(17)16(14)10-11-23(3,30-22)31-32-24/h4,6-7,14-17,21-22,25-26H,5,8-13H2,1-3H3/t14-,15-,16+,17+,21+,22-,23+,24-/m1/s1. The lowest BCUT2D eigenvalue weighted by Crippen LogP contribution is -2.70. The summed E-state index contributed by atoms with van der Waals surface area (Å²) in [6.45, 7) is 7.09. The van der Waals surface area contributed by atoms with Crippen molar-refractivity contribution in [3.05, 3.63) is 18.2 Å².